The molecule has 3 N–H and O–H groups in total. The maximum atomic E-state index is 12.1. The summed E-state index contributed by atoms with van der Waals surface area (Å²) in [6.07, 6.45) is 3.99. The van der Waals surface area contributed by atoms with Crippen LogP contribution in [0.4, 0.5) is 0 Å². The summed E-state index contributed by atoms with van der Waals surface area (Å²) in [5.74, 6) is 0.0815. The normalized spacial score (nSPS) is 17.5. The van der Waals surface area contributed by atoms with Gasteiger partial charge in [-0.1, -0.05) is 13.3 Å². The molecular formula is C11H22N2O2. The fourth-order valence-electron chi connectivity index (χ4n) is 1.89. The van der Waals surface area contributed by atoms with Gasteiger partial charge in [-0.3, -0.25) is 4.79 Å². The van der Waals surface area contributed by atoms with Crippen LogP contribution in [-0.4, -0.2) is 41.7 Å². The molecule has 0 aromatic carbocycles. The summed E-state index contributed by atoms with van der Waals surface area (Å²) in [6.45, 7) is 2.99. The van der Waals surface area contributed by atoms with Gasteiger partial charge in [-0.15, -0.1) is 0 Å². The van der Waals surface area contributed by atoms with Gasteiger partial charge in [-0.05, 0) is 19.3 Å². The van der Waals surface area contributed by atoms with Crippen LogP contribution in [0, 0.1) is 5.92 Å². The quantitative estimate of drug-likeness (QED) is 0.642. The fourth-order valence-corrected chi connectivity index (χ4v) is 1.89. The average molecular weight is 214 g/mol. The first-order valence-electron chi connectivity index (χ1n) is 5.86. The Hall–Kier alpha value is -0.610. The number of aliphatic hydroxyl groups is 1. The van der Waals surface area contributed by atoms with E-state index in [1.807, 2.05) is 4.90 Å². The number of amides is 1. The molecule has 4 nitrogen and oxygen atoms in total. The van der Waals surface area contributed by atoms with E-state index >= 15 is 0 Å². The van der Waals surface area contributed by atoms with Gasteiger partial charge in [-0.2, -0.15) is 0 Å². The number of nitrogens with two attached hydrogens (primary N) is 1. The molecule has 1 amide bonds. The molecule has 1 unspecified atom stereocenters. The van der Waals surface area contributed by atoms with Crippen LogP contribution in [0.1, 0.15) is 32.6 Å². The lowest BCUT2D eigenvalue weighted by molar-refractivity contribution is -0.136. The van der Waals surface area contributed by atoms with Crippen LogP contribution >= 0.6 is 0 Å². The molecule has 0 heterocycles. The van der Waals surface area contributed by atoms with Crippen LogP contribution in [0.5, 0.6) is 0 Å². The lowest BCUT2D eigenvalue weighted by Crippen LogP contribution is -2.42. The Balaban J connectivity index is 2.52. The molecule has 1 rings (SSSR count). The van der Waals surface area contributed by atoms with E-state index in [0.717, 1.165) is 25.7 Å². The van der Waals surface area contributed by atoms with Crippen LogP contribution in [0.3, 0.4) is 0 Å². The predicted molar refractivity (Wildman–Crippen MR) is 59.3 cm³/mol. The fraction of sp³-hybridized carbons (Fsp3) is 0.909. The molecule has 4 heteroatoms. The molecule has 0 aromatic rings. The van der Waals surface area contributed by atoms with E-state index in [1.54, 1.807) is 0 Å². The van der Waals surface area contributed by atoms with Gasteiger partial charge >= 0.3 is 0 Å². The maximum absolute atomic E-state index is 12.1. The number of carbonyl (C=O) groups is 1. The number of hydrogen-bond acceptors (Lipinski definition) is 3. The Kier molecular flexibility index (Phi) is 5.05. The van der Waals surface area contributed by atoms with E-state index in [1.165, 1.54) is 0 Å². The number of rotatable bonds is 7. The minimum Gasteiger partial charge on any atom is -0.395 e. The highest BCUT2D eigenvalue weighted by Gasteiger charge is 2.34. The van der Waals surface area contributed by atoms with E-state index in [4.69, 9.17) is 10.8 Å². The van der Waals surface area contributed by atoms with Gasteiger partial charge < -0.3 is 15.7 Å². The molecule has 1 atom stereocenters. The number of aliphatic hydroxyl groups excluding tert-OH is 1. The molecule has 15 heavy (non-hydrogen) atoms. The monoisotopic (exact) mass is 214 g/mol. The van der Waals surface area contributed by atoms with Crippen molar-refractivity contribution in [1.82, 2.24) is 4.90 Å². The van der Waals surface area contributed by atoms with Crippen molar-refractivity contribution in [3.05, 3.63) is 0 Å². The van der Waals surface area contributed by atoms with E-state index in [9.17, 15) is 4.79 Å². The van der Waals surface area contributed by atoms with Gasteiger partial charge in [0.2, 0.25) is 5.91 Å². The van der Waals surface area contributed by atoms with Gasteiger partial charge in [-0.25, -0.2) is 0 Å². The smallest absolute Gasteiger partial charge is 0.227 e. The molecule has 0 saturated heterocycles. The molecular weight excluding hydrogens is 192 g/mol. The number of carbonyl (C=O) groups excluding carboxylic acids is 1. The average Bonchev–Trinajstić information content (AvgIpc) is 3.05. The number of nitrogens with zero attached hydrogens (tertiary/aromatic N) is 1. The Morgan fingerprint density at radius 3 is 2.67 bits per heavy atom. The molecule has 0 aromatic heterocycles. The highest BCUT2D eigenvalue weighted by molar-refractivity contribution is 5.79. The van der Waals surface area contributed by atoms with Crippen LogP contribution in [0.2, 0.25) is 0 Å². The van der Waals surface area contributed by atoms with Gasteiger partial charge in [0, 0.05) is 19.1 Å². The van der Waals surface area contributed by atoms with Gasteiger partial charge in [0.1, 0.15) is 0 Å². The third kappa shape index (κ3) is 3.47. The predicted octanol–water partition coefficient (Wildman–Crippen LogP) is 0.345. The minimum atomic E-state index is -0.0536. The van der Waals surface area contributed by atoms with Gasteiger partial charge in [0.25, 0.3) is 0 Å². The van der Waals surface area contributed by atoms with Crippen molar-refractivity contribution in [1.29, 1.82) is 0 Å². The standard InChI is InChI=1S/C11H22N2O2/c1-2-3-9(8-12)11(15)13(6-7-14)10-4-5-10/h9-10,14H,2-8,12H2,1H3. The lowest BCUT2D eigenvalue weighted by Gasteiger charge is -2.26. The molecule has 0 spiro atoms. The van der Waals surface area contributed by atoms with Crippen molar-refractivity contribution in [2.75, 3.05) is 19.7 Å². The first-order valence-corrected chi connectivity index (χ1v) is 5.86. The largest absolute Gasteiger partial charge is 0.395 e. The zero-order chi connectivity index (χ0) is 11.3. The van der Waals surface area contributed by atoms with E-state index in [2.05, 4.69) is 6.92 Å². The van der Waals surface area contributed by atoms with Gasteiger partial charge in [0.15, 0.2) is 0 Å². The summed E-state index contributed by atoms with van der Waals surface area (Å²) in [6, 6.07) is 0.371. The summed E-state index contributed by atoms with van der Waals surface area (Å²) in [5.41, 5.74) is 5.60. The maximum Gasteiger partial charge on any atom is 0.227 e. The number of hydrogen-bond donors (Lipinski definition) is 2. The van der Waals surface area contributed by atoms with Gasteiger partial charge in [0.05, 0.1) is 12.5 Å². The van der Waals surface area contributed by atoms with Crippen molar-refractivity contribution in [2.45, 2.75) is 38.6 Å². The van der Waals surface area contributed by atoms with E-state index in [0.29, 0.717) is 19.1 Å². The second kappa shape index (κ2) is 6.08. The van der Waals surface area contributed by atoms with Crippen LogP contribution in [0.25, 0.3) is 0 Å². The molecule has 1 saturated carbocycles. The summed E-state index contributed by atoms with van der Waals surface area (Å²) in [4.78, 5) is 13.9. The summed E-state index contributed by atoms with van der Waals surface area (Å²) in [7, 11) is 0. The van der Waals surface area contributed by atoms with Crippen molar-refractivity contribution in [3.63, 3.8) is 0 Å². The second-order valence-electron chi connectivity index (χ2n) is 4.21. The van der Waals surface area contributed by atoms with Crippen molar-refractivity contribution in [2.24, 2.45) is 11.7 Å². The molecule has 88 valence electrons. The molecule has 1 aliphatic carbocycles. The SMILES string of the molecule is CCCC(CN)C(=O)N(CCO)C1CC1. The van der Waals surface area contributed by atoms with E-state index < -0.39 is 0 Å². The first-order chi connectivity index (χ1) is 7.24. The Labute approximate surface area is 91.4 Å². The van der Waals surface area contributed by atoms with Crippen molar-refractivity contribution < 1.29 is 9.90 Å². The molecule has 0 bridgehead atoms. The van der Waals surface area contributed by atoms with Crippen molar-refractivity contribution in [3.8, 4) is 0 Å². The van der Waals surface area contributed by atoms with E-state index in [-0.39, 0.29) is 18.4 Å². The van der Waals surface area contributed by atoms with Crippen LogP contribution in [0.15, 0.2) is 0 Å². The topological polar surface area (TPSA) is 66.6 Å². The highest BCUT2D eigenvalue weighted by atomic mass is 16.3. The third-order valence-electron chi connectivity index (χ3n) is 2.88. The molecule has 0 aliphatic heterocycles. The third-order valence-corrected chi connectivity index (χ3v) is 2.88. The lowest BCUT2D eigenvalue weighted by atomic mass is 10.0. The second-order valence-corrected chi connectivity index (χ2v) is 4.21. The first kappa shape index (κ1) is 12.5. The Bertz CT molecular complexity index is 205. The van der Waals surface area contributed by atoms with Crippen LogP contribution in [-0.2, 0) is 4.79 Å². The molecule has 1 fully saturated rings. The van der Waals surface area contributed by atoms with Crippen molar-refractivity contribution >= 4 is 5.91 Å². The Morgan fingerprint density at radius 2 is 2.27 bits per heavy atom. The summed E-state index contributed by atoms with van der Waals surface area (Å²) in [5, 5.41) is 8.92. The summed E-state index contributed by atoms with van der Waals surface area (Å²) >= 11 is 0. The molecule has 1 aliphatic rings. The Morgan fingerprint density at radius 1 is 1.60 bits per heavy atom. The summed E-state index contributed by atoms with van der Waals surface area (Å²) < 4.78 is 0. The minimum absolute atomic E-state index is 0.0473. The van der Waals surface area contributed by atoms with Crippen LogP contribution < -0.4 is 5.73 Å². The zero-order valence-corrected chi connectivity index (χ0v) is 9.48. The highest BCUT2D eigenvalue weighted by Crippen LogP contribution is 2.28. The zero-order valence-electron chi connectivity index (χ0n) is 9.48. The molecule has 0 radical (unpaired) electrons.